The molecule has 1 amide bonds. The van der Waals surface area contributed by atoms with Crippen molar-refractivity contribution in [2.75, 3.05) is 0 Å². The molecule has 0 spiro atoms. The van der Waals surface area contributed by atoms with Crippen LogP contribution in [0.25, 0.3) is 0 Å². The summed E-state index contributed by atoms with van der Waals surface area (Å²) in [4.78, 5) is 54.3. The van der Waals surface area contributed by atoms with Gasteiger partial charge >= 0.3 is 5.97 Å². The van der Waals surface area contributed by atoms with Crippen LogP contribution in [0, 0.1) is 21.8 Å². The monoisotopic (exact) mass is 592 g/mol. The second-order valence-electron chi connectivity index (χ2n) is 9.83. The van der Waals surface area contributed by atoms with Crippen molar-refractivity contribution in [1.82, 2.24) is 4.90 Å². The van der Waals surface area contributed by atoms with Crippen molar-refractivity contribution in [3.8, 4) is 0 Å². The normalized spacial score (nSPS) is 21.9. The number of ketones is 1. The summed E-state index contributed by atoms with van der Waals surface area (Å²) in [6.45, 7) is 1.35. The molecule has 1 saturated heterocycles. The van der Waals surface area contributed by atoms with Gasteiger partial charge in [0, 0.05) is 28.6 Å². The van der Waals surface area contributed by atoms with E-state index in [9.17, 15) is 34.0 Å². The number of rotatable bonds is 7. The molecule has 1 N–H and O–H groups in total. The smallest absolute Gasteiger partial charge is 0.330 e. The van der Waals surface area contributed by atoms with Crippen LogP contribution < -0.4 is 0 Å². The zero-order chi connectivity index (χ0) is 29.5. The Morgan fingerprint density at radius 3 is 2.32 bits per heavy atom. The minimum absolute atomic E-state index is 0.132. The number of thiophene rings is 1. The molecule has 0 radical (unpaired) electrons. The van der Waals surface area contributed by atoms with Crippen LogP contribution in [0.3, 0.4) is 0 Å². The lowest BCUT2D eigenvalue weighted by atomic mass is 9.72. The fourth-order valence-electron chi connectivity index (χ4n) is 5.72. The van der Waals surface area contributed by atoms with E-state index in [2.05, 4.69) is 0 Å². The van der Waals surface area contributed by atoms with E-state index in [0.717, 1.165) is 28.4 Å². The number of benzene rings is 3. The highest BCUT2D eigenvalue weighted by molar-refractivity contribution is 7.12. The maximum absolute atomic E-state index is 14.3. The first-order valence-electron chi connectivity index (χ1n) is 12.4. The minimum Gasteiger partial charge on any atom is -0.479 e. The number of likely N-dealkylation sites (tertiary alicyclic amines) is 1. The molecule has 4 aromatic rings. The van der Waals surface area contributed by atoms with Crippen molar-refractivity contribution in [2.24, 2.45) is 5.92 Å². The number of nitrogens with zero attached hydrogens (tertiary/aromatic N) is 2. The standard InChI is InChI=1S/C30H22ClFN2O6S/c1-30(29(37)38)25(17-10-12-20(31)13-11-17)24(27(35)23-9-4-14-41-23)26(18-5-3-8-22(16-18)34(39)40)33(30)28(36)19-6-2-7-21(32)15-19/h2-16,24-26H,1H3,(H,37,38). The Hall–Kier alpha value is -4.41. The van der Waals surface area contributed by atoms with Gasteiger partial charge in [0.25, 0.3) is 11.6 Å². The third kappa shape index (κ3) is 4.89. The second kappa shape index (κ2) is 10.9. The minimum atomic E-state index is -2.05. The number of amides is 1. The molecule has 0 saturated carbocycles. The predicted octanol–water partition coefficient (Wildman–Crippen LogP) is 6.77. The predicted molar refractivity (Wildman–Crippen MR) is 151 cm³/mol. The van der Waals surface area contributed by atoms with Gasteiger partial charge in [-0.15, -0.1) is 11.3 Å². The lowest BCUT2D eigenvalue weighted by molar-refractivity contribution is -0.385. The maximum atomic E-state index is 14.3. The summed E-state index contributed by atoms with van der Waals surface area (Å²) in [5, 5.41) is 24.6. The first kappa shape index (κ1) is 28.1. The van der Waals surface area contributed by atoms with E-state index in [0.29, 0.717) is 15.5 Å². The molecule has 0 bridgehead atoms. The Kier molecular flexibility index (Phi) is 7.46. The molecule has 5 rings (SSSR count). The fourth-order valence-corrected chi connectivity index (χ4v) is 6.56. The average molecular weight is 593 g/mol. The van der Waals surface area contributed by atoms with Gasteiger partial charge in [-0.1, -0.05) is 48.0 Å². The Morgan fingerprint density at radius 1 is 1.00 bits per heavy atom. The fraction of sp³-hybridized carbons (Fsp3) is 0.167. The van der Waals surface area contributed by atoms with E-state index < -0.39 is 51.8 Å². The lowest BCUT2D eigenvalue weighted by Gasteiger charge is -2.38. The van der Waals surface area contributed by atoms with Crippen LogP contribution in [-0.2, 0) is 4.79 Å². The van der Waals surface area contributed by atoms with Crippen LogP contribution in [0.1, 0.15) is 50.0 Å². The number of non-ortho nitro benzene ring substituents is 1. The Balaban J connectivity index is 1.85. The van der Waals surface area contributed by atoms with Crippen LogP contribution in [0.2, 0.25) is 5.02 Å². The highest BCUT2D eigenvalue weighted by Crippen LogP contribution is 2.57. The molecule has 11 heteroatoms. The number of Topliss-reactive ketones (excluding diaryl/α,β-unsaturated/α-hetero) is 1. The SMILES string of the molecule is CC1(C(=O)O)C(c2ccc(Cl)cc2)C(C(=O)c2cccs2)C(c2cccc([N+](=O)[O-])c2)N1C(=O)c1cccc(F)c1. The quantitative estimate of drug-likeness (QED) is 0.144. The first-order valence-corrected chi connectivity index (χ1v) is 13.7. The topological polar surface area (TPSA) is 118 Å². The van der Waals surface area contributed by atoms with Crippen LogP contribution in [0.5, 0.6) is 0 Å². The molecule has 1 aliphatic heterocycles. The second-order valence-corrected chi connectivity index (χ2v) is 11.2. The number of hydrogen-bond donors (Lipinski definition) is 1. The molecule has 2 heterocycles. The molecule has 3 aromatic carbocycles. The van der Waals surface area contributed by atoms with Crippen LogP contribution in [0.4, 0.5) is 10.1 Å². The Morgan fingerprint density at radius 2 is 1.71 bits per heavy atom. The van der Waals surface area contributed by atoms with E-state index >= 15 is 0 Å². The average Bonchev–Trinajstić information content (AvgIpc) is 3.59. The number of nitro benzene ring substituents is 1. The summed E-state index contributed by atoms with van der Waals surface area (Å²) in [6, 6.07) is 18.6. The molecule has 208 valence electrons. The van der Waals surface area contributed by atoms with E-state index in [1.165, 1.54) is 43.3 Å². The van der Waals surface area contributed by atoms with E-state index in [-0.39, 0.29) is 16.8 Å². The molecular formula is C30H22ClFN2O6S. The maximum Gasteiger partial charge on any atom is 0.330 e. The summed E-state index contributed by atoms with van der Waals surface area (Å²) in [6.07, 6.45) is 0. The summed E-state index contributed by atoms with van der Waals surface area (Å²) in [5.41, 5.74) is -1.85. The number of hydrogen-bond acceptors (Lipinski definition) is 6. The first-order chi connectivity index (χ1) is 19.5. The summed E-state index contributed by atoms with van der Waals surface area (Å²) >= 11 is 7.29. The molecule has 1 fully saturated rings. The van der Waals surface area contributed by atoms with Crippen LogP contribution in [-0.4, -0.2) is 38.1 Å². The zero-order valence-electron chi connectivity index (χ0n) is 21.4. The number of carboxylic acid groups (broad SMARTS) is 1. The van der Waals surface area contributed by atoms with E-state index in [4.69, 9.17) is 11.6 Å². The van der Waals surface area contributed by atoms with Crippen molar-refractivity contribution < 1.29 is 28.8 Å². The number of carbonyl (C=O) groups is 3. The largest absolute Gasteiger partial charge is 0.479 e. The van der Waals surface area contributed by atoms with Gasteiger partial charge in [-0.3, -0.25) is 19.7 Å². The van der Waals surface area contributed by atoms with Crippen LogP contribution in [0.15, 0.2) is 90.3 Å². The highest BCUT2D eigenvalue weighted by atomic mass is 35.5. The Bertz CT molecular complexity index is 1660. The van der Waals surface area contributed by atoms with Crippen molar-refractivity contribution in [2.45, 2.75) is 24.4 Å². The molecule has 4 unspecified atom stereocenters. The third-order valence-electron chi connectivity index (χ3n) is 7.53. The summed E-state index contributed by atoms with van der Waals surface area (Å²) in [5.74, 6) is -5.69. The van der Waals surface area contributed by atoms with Gasteiger partial charge in [-0.05, 0) is 59.8 Å². The molecule has 1 aliphatic rings. The van der Waals surface area contributed by atoms with Gasteiger partial charge in [-0.25, -0.2) is 9.18 Å². The third-order valence-corrected chi connectivity index (χ3v) is 8.66. The van der Waals surface area contributed by atoms with Crippen molar-refractivity contribution in [1.29, 1.82) is 0 Å². The van der Waals surface area contributed by atoms with E-state index in [1.807, 2.05) is 0 Å². The van der Waals surface area contributed by atoms with Gasteiger partial charge in [-0.2, -0.15) is 0 Å². The number of nitro groups is 1. The molecule has 1 aromatic heterocycles. The molecule has 41 heavy (non-hydrogen) atoms. The molecular weight excluding hydrogens is 571 g/mol. The van der Waals surface area contributed by atoms with Crippen molar-refractivity contribution >= 4 is 46.3 Å². The van der Waals surface area contributed by atoms with Gasteiger partial charge in [0.15, 0.2) is 5.78 Å². The number of aliphatic carboxylic acids is 1. The van der Waals surface area contributed by atoms with Gasteiger partial charge in [0.2, 0.25) is 0 Å². The summed E-state index contributed by atoms with van der Waals surface area (Å²) in [7, 11) is 0. The van der Waals surface area contributed by atoms with E-state index in [1.54, 1.807) is 41.8 Å². The Labute approximate surface area is 242 Å². The van der Waals surface area contributed by atoms with Gasteiger partial charge in [0.05, 0.1) is 21.8 Å². The lowest BCUT2D eigenvalue weighted by Crippen LogP contribution is -2.54. The molecule has 8 nitrogen and oxygen atoms in total. The van der Waals surface area contributed by atoms with Gasteiger partial charge < -0.3 is 10.0 Å². The van der Waals surface area contributed by atoms with Crippen molar-refractivity contribution in [3.63, 3.8) is 0 Å². The number of carbonyl (C=O) groups excluding carboxylic acids is 2. The summed E-state index contributed by atoms with van der Waals surface area (Å²) < 4.78 is 14.3. The number of carboxylic acids is 1. The van der Waals surface area contributed by atoms with Gasteiger partial charge in [0.1, 0.15) is 11.4 Å². The molecule has 4 atom stereocenters. The molecule has 0 aliphatic carbocycles. The van der Waals surface area contributed by atoms with Crippen molar-refractivity contribution in [3.05, 3.63) is 133 Å². The number of halogens is 2. The van der Waals surface area contributed by atoms with Crippen LogP contribution >= 0.6 is 22.9 Å². The zero-order valence-corrected chi connectivity index (χ0v) is 23.0. The highest BCUT2D eigenvalue weighted by Gasteiger charge is 2.65.